The Kier molecular flexibility index (Phi) is 4.50. The lowest BCUT2D eigenvalue weighted by Crippen LogP contribution is -2.19. The van der Waals surface area contributed by atoms with Crippen LogP contribution in [0.1, 0.15) is 36.3 Å². The van der Waals surface area contributed by atoms with Crippen molar-refractivity contribution >= 4 is 34.2 Å². The lowest BCUT2D eigenvalue weighted by Gasteiger charge is -2.16. The Bertz CT molecular complexity index is 434. The highest BCUT2D eigenvalue weighted by Crippen LogP contribution is 2.36. The zero-order valence-electron chi connectivity index (χ0n) is 10.6. The molecule has 1 aromatic heterocycles. The van der Waals surface area contributed by atoms with E-state index in [1.165, 1.54) is 0 Å². The molecule has 100 valence electrons. The fourth-order valence-electron chi connectivity index (χ4n) is 2.22. The number of thioether (sulfide) groups is 1. The monoisotopic (exact) mass is 286 g/mol. The van der Waals surface area contributed by atoms with Crippen molar-refractivity contribution in [1.82, 2.24) is 4.98 Å². The fraction of sp³-hybridized carbons (Fsp3) is 0.667. The SMILES string of the molecule is CSCC(C)Nc1nc2c(s1)CCCC2C(=O)O. The highest BCUT2D eigenvalue weighted by atomic mass is 32.2. The summed E-state index contributed by atoms with van der Waals surface area (Å²) in [5.74, 6) is -0.131. The Morgan fingerprint density at radius 1 is 1.72 bits per heavy atom. The minimum absolute atomic E-state index is 0.357. The summed E-state index contributed by atoms with van der Waals surface area (Å²) in [4.78, 5) is 16.8. The first-order chi connectivity index (χ1) is 8.61. The van der Waals surface area contributed by atoms with Gasteiger partial charge in [-0.2, -0.15) is 11.8 Å². The van der Waals surface area contributed by atoms with Gasteiger partial charge in [0.2, 0.25) is 0 Å². The van der Waals surface area contributed by atoms with E-state index in [0.717, 1.165) is 34.3 Å². The Balaban J connectivity index is 2.14. The third kappa shape index (κ3) is 2.98. The van der Waals surface area contributed by atoms with Gasteiger partial charge in [0.1, 0.15) is 5.92 Å². The number of hydrogen-bond acceptors (Lipinski definition) is 5. The van der Waals surface area contributed by atoms with Gasteiger partial charge < -0.3 is 10.4 Å². The van der Waals surface area contributed by atoms with E-state index >= 15 is 0 Å². The number of nitrogens with zero attached hydrogens (tertiary/aromatic N) is 1. The van der Waals surface area contributed by atoms with E-state index in [1.807, 2.05) is 0 Å². The van der Waals surface area contributed by atoms with Gasteiger partial charge in [0.25, 0.3) is 0 Å². The molecule has 0 saturated carbocycles. The van der Waals surface area contributed by atoms with Crippen LogP contribution < -0.4 is 5.32 Å². The summed E-state index contributed by atoms with van der Waals surface area (Å²) >= 11 is 3.41. The molecule has 0 bridgehead atoms. The van der Waals surface area contributed by atoms with Crippen molar-refractivity contribution in [3.05, 3.63) is 10.6 Å². The zero-order valence-corrected chi connectivity index (χ0v) is 12.2. The molecular formula is C12H18N2O2S2. The summed E-state index contributed by atoms with van der Waals surface area (Å²) in [6.45, 7) is 2.12. The minimum Gasteiger partial charge on any atom is -0.481 e. The first-order valence-electron chi connectivity index (χ1n) is 6.09. The molecule has 1 aliphatic rings. The molecule has 0 aliphatic heterocycles. The van der Waals surface area contributed by atoms with Gasteiger partial charge >= 0.3 is 5.97 Å². The summed E-state index contributed by atoms with van der Waals surface area (Å²) in [5, 5.41) is 13.4. The average molecular weight is 286 g/mol. The number of aromatic nitrogens is 1. The molecule has 0 amide bonds. The number of carboxylic acids is 1. The normalized spacial score (nSPS) is 20.2. The summed E-state index contributed by atoms with van der Waals surface area (Å²) in [5.41, 5.74) is 0.789. The maximum Gasteiger partial charge on any atom is 0.312 e. The number of aryl methyl sites for hydroxylation is 1. The van der Waals surface area contributed by atoms with Crippen LogP contribution in [-0.2, 0) is 11.2 Å². The lowest BCUT2D eigenvalue weighted by atomic mass is 9.91. The number of fused-ring (bicyclic) bond motifs is 1. The largest absolute Gasteiger partial charge is 0.481 e. The Morgan fingerprint density at radius 3 is 3.17 bits per heavy atom. The zero-order chi connectivity index (χ0) is 13.1. The van der Waals surface area contributed by atoms with Crippen LogP contribution in [0.4, 0.5) is 5.13 Å². The van der Waals surface area contributed by atoms with Crippen molar-refractivity contribution in [3.63, 3.8) is 0 Å². The summed E-state index contributed by atoms with van der Waals surface area (Å²) in [6.07, 6.45) is 4.71. The van der Waals surface area contributed by atoms with E-state index in [9.17, 15) is 9.90 Å². The van der Waals surface area contributed by atoms with Gasteiger partial charge in [-0.25, -0.2) is 4.98 Å². The Morgan fingerprint density at radius 2 is 2.50 bits per heavy atom. The van der Waals surface area contributed by atoms with Crippen LogP contribution in [0.3, 0.4) is 0 Å². The van der Waals surface area contributed by atoms with Gasteiger partial charge in [0.15, 0.2) is 5.13 Å². The van der Waals surface area contributed by atoms with Gasteiger partial charge in [-0.15, -0.1) is 11.3 Å². The maximum absolute atomic E-state index is 11.2. The maximum atomic E-state index is 11.2. The summed E-state index contributed by atoms with van der Waals surface area (Å²) in [6, 6.07) is 0.357. The molecular weight excluding hydrogens is 268 g/mol. The van der Waals surface area contributed by atoms with Crippen LogP contribution in [0.2, 0.25) is 0 Å². The van der Waals surface area contributed by atoms with E-state index in [2.05, 4.69) is 23.5 Å². The van der Waals surface area contributed by atoms with E-state index < -0.39 is 11.9 Å². The highest BCUT2D eigenvalue weighted by Gasteiger charge is 2.30. The third-order valence-corrected chi connectivity index (χ3v) is 4.93. The van der Waals surface area contributed by atoms with Crippen molar-refractivity contribution in [3.8, 4) is 0 Å². The molecule has 1 aromatic rings. The topological polar surface area (TPSA) is 62.2 Å². The molecule has 1 heterocycles. The predicted octanol–water partition coefficient (Wildman–Crippen LogP) is 2.81. The van der Waals surface area contributed by atoms with Crippen molar-refractivity contribution in [2.24, 2.45) is 0 Å². The first-order valence-corrected chi connectivity index (χ1v) is 8.30. The van der Waals surface area contributed by atoms with Gasteiger partial charge in [-0.1, -0.05) is 0 Å². The summed E-state index contributed by atoms with van der Waals surface area (Å²) < 4.78 is 0. The molecule has 18 heavy (non-hydrogen) atoms. The van der Waals surface area contributed by atoms with E-state index in [1.54, 1.807) is 23.1 Å². The predicted molar refractivity (Wildman–Crippen MR) is 76.9 cm³/mol. The van der Waals surface area contributed by atoms with Gasteiger partial charge in [-0.05, 0) is 32.4 Å². The smallest absolute Gasteiger partial charge is 0.312 e. The number of hydrogen-bond donors (Lipinski definition) is 2. The molecule has 6 heteroatoms. The molecule has 0 aromatic carbocycles. The number of rotatable bonds is 5. The van der Waals surface area contributed by atoms with Crippen molar-refractivity contribution in [1.29, 1.82) is 0 Å². The number of carbonyl (C=O) groups is 1. The lowest BCUT2D eigenvalue weighted by molar-refractivity contribution is -0.139. The second-order valence-corrected chi connectivity index (χ2v) is 6.61. The molecule has 0 spiro atoms. The van der Waals surface area contributed by atoms with E-state index in [0.29, 0.717) is 12.5 Å². The van der Waals surface area contributed by atoms with Crippen LogP contribution >= 0.6 is 23.1 Å². The number of anilines is 1. The van der Waals surface area contributed by atoms with E-state index in [-0.39, 0.29) is 0 Å². The fourth-order valence-corrected chi connectivity index (χ4v) is 3.98. The first kappa shape index (κ1) is 13.7. The third-order valence-electron chi connectivity index (χ3n) is 3.04. The van der Waals surface area contributed by atoms with Gasteiger partial charge in [0, 0.05) is 16.7 Å². The Hall–Kier alpha value is -0.750. The van der Waals surface area contributed by atoms with Crippen LogP contribution in [-0.4, -0.2) is 34.1 Å². The van der Waals surface area contributed by atoms with Gasteiger partial charge in [0.05, 0.1) is 5.69 Å². The number of aliphatic carboxylic acids is 1. The second kappa shape index (κ2) is 5.93. The summed E-state index contributed by atoms with van der Waals surface area (Å²) in [7, 11) is 0. The van der Waals surface area contributed by atoms with E-state index in [4.69, 9.17) is 0 Å². The molecule has 0 fully saturated rings. The molecule has 2 atom stereocenters. The average Bonchev–Trinajstić information content (AvgIpc) is 2.70. The van der Waals surface area contributed by atoms with Crippen LogP contribution in [0.15, 0.2) is 0 Å². The number of carboxylic acid groups (broad SMARTS) is 1. The minimum atomic E-state index is -0.745. The highest BCUT2D eigenvalue weighted by molar-refractivity contribution is 7.98. The molecule has 4 nitrogen and oxygen atoms in total. The number of nitrogens with one attached hydrogen (secondary N) is 1. The molecule has 2 N–H and O–H groups in total. The molecule has 0 radical (unpaired) electrons. The van der Waals surface area contributed by atoms with Crippen LogP contribution in [0.5, 0.6) is 0 Å². The van der Waals surface area contributed by atoms with Crippen molar-refractivity contribution in [2.45, 2.75) is 38.1 Å². The standard InChI is InChI=1S/C12H18N2O2S2/c1-7(6-17-2)13-12-14-10-8(11(15)16)4-3-5-9(10)18-12/h7-8H,3-6H2,1-2H3,(H,13,14)(H,15,16). The van der Waals surface area contributed by atoms with Crippen LogP contribution in [0.25, 0.3) is 0 Å². The van der Waals surface area contributed by atoms with Gasteiger partial charge in [-0.3, -0.25) is 4.79 Å². The van der Waals surface area contributed by atoms with Crippen molar-refractivity contribution in [2.75, 3.05) is 17.3 Å². The molecule has 0 saturated heterocycles. The molecule has 1 aliphatic carbocycles. The van der Waals surface area contributed by atoms with Crippen LogP contribution in [0, 0.1) is 0 Å². The Labute approximate surface area is 115 Å². The van der Waals surface area contributed by atoms with Crippen molar-refractivity contribution < 1.29 is 9.90 Å². The molecule has 2 unspecified atom stereocenters. The second-order valence-electron chi connectivity index (χ2n) is 4.61. The quantitative estimate of drug-likeness (QED) is 0.871. The number of thiazole rings is 1. The molecule has 2 rings (SSSR count).